The number of benzene rings is 3. The molecular weight excluding hydrogens is 438 g/mol. The van der Waals surface area contributed by atoms with Crippen LogP contribution in [-0.4, -0.2) is 43.3 Å². The van der Waals surface area contributed by atoms with Crippen LogP contribution in [0, 0.1) is 5.92 Å². The Morgan fingerprint density at radius 1 is 0.886 bits per heavy atom. The highest BCUT2D eigenvalue weighted by Crippen LogP contribution is 2.32. The number of aromatic nitrogens is 6. The van der Waals surface area contributed by atoms with Gasteiger partial charge >= 0.3 is 0 Å². The van der Waals surface area contributed by atoms with Crippen molar-refractivity contribution in [3.05, 3.63) is 89.2 Å². The van der Waals surface area contributed by atoms with Crippen LogP contribution in [0.25, 0.3) is 33.7 Å². The molecule has 1 N–H and O–H groups in total. The Kier molecular flexibility index (Phi) is 5.54. The Labute approximate surface area is 202 Å². The second kappa shape index (κ2) is 9.13. The summed E-state index contributed by atoms with van der Waals surface area (Å²) in [5.74, 6) is 1.72. The van der Waals surface area contributed by atoms with Crippen LogP contribution in [-0.2, 0) is 6.54 Å². The zero-order valence-electron chi connectivity index (χ0n) is 19.2. The monoisotopic (exact) mass is 463 g/mol. The molecular formula is C27H25N7O. The van der Waals surface area contributed by atoms with Gasteiger partial charge < -0.3 is 4.90 Å². The van der Waals surface area contributed by atoms with Gasteiger partial charge in [0.2, 0.25) is 5.82 Å². The number of H-pyrrole nitrogens is 1. The number of nitrogens with one attached hydrogen (secondary N) is 1. The standard InChI is InChI=1S/C27H25N7O/c35-27-21-10-4-6-12-23(21)28-26(20-8-2-1-3-9-20)34(27)18-19-14-16-33(17-15-19)24-13-7-5-11-22(24)25-29-31-32-30-25/h1-13,19H,14-18H2,(H,29,30,31,32). The van der Waals surface area contributed by atoms with Crippen LogP contribution in [0.2, 0.25) is 0 Å². The molecule has 0 atom stereocenters. The molecule has 1 fully saturated rings. The molecule has 174 valence electrons. The fourth-order valence-electron chi connectivity index (χ4n) is 4.97. The minimum absolute atomic E-state index is 0.0272. The van der Waals surface area contributed by atoms with E-state index < -0.39 is 0 Å². The molecule has 1 aliphatic heterocycles. The van der Waals surface area contributed by atoms with E-state index in [4.69, 9.17) is 4.98 Å². The highest BCUT2D eigenvalue weighted by atomic mass is 16.1. The minimum atomic E-state index is 0.0272. The summed E-state index contributed by atoms with van der Waals surface area (Å²) in [4.78, 5) is 20.8. The molecule has 6 rings (SSSR count). The molecule has 5 aromatic rings. The van der Waals surface area contributed by atoms with E-state index in [1.165, 1.54) is 0 Å². The third-order valence-electron chi connectivity index (χ3n) is 6.78. The molecule has 0 aliphatic carbocycles. The van der Waals surface area contributed by atoms with Crippen molar-refractivity contribution in [2.24, 2.45) is 5.92 Å². The summed E-state index contributed by atoms with van der Waals surface area (Å²) in [5, 5.41) is 15.3. The second-order valence-electron chi connectivity index (χ2n) is 8.92. The van der Waals surface area contributed by atoms with Crippen LogP contribution in [0.4, 0.5) is 5.69 Å². The molecule has 8 heteroatoms. The van der Waals surface area contributed by atoms with Crippen molar-refractivity contribution in [1.82, 2.24) is 30.2 Å². The van der Waals surface area contributed by atoms with Crippen LogP contribution < -0.4 is 10.5 Å². The van der Waals surface area contributed by atoms with Gasteiger partial charge in [0.1, 0.15) is 5.82 Å². The third kappa shape index (κ3) is 4.07. The van der Waals surface area contributed by atoms with Gasteiger partial charge in [0.05, 0.1) is 10.9 Å². The Hall–Kier alpha value is -4.33. The minimum Gasteiger partial charge on any atom is -0.371 e. The zero-order valence-corrected chi connectivity index (χ0v) is 19.2. The molecule has 0 bridgehead atoms. The Morgan fingerprint density at radius 3 is 2.43 bits per heavy atom. The van der Waals surface area contributed by atoms with E-state index in [2.05, 4.69) is 31.6 Å². The predicted octanol–water partition coefficient (Wildman–Crippen LogP) is 4.16. The number of nitrogens with zero attached hydrogens (tertiary/aromatic N) is 6. The van der Waals surface area contributed by atoms with Crippen LogP contribution in [0.1, 0.15) is 12.8 Å². The lowest BCUT2D eigenvalue weighted by Crippen LogP contribution is -2.37. The lowest BCUT2D eigenvalue weighted by atomic mass is 9.95. The average molecular weight is 464 g/mol. The number of fused-ring (bicyclic) bond motifs is 1. The molecule has 1 aliphatic rings. The normalized spacial score (nSPS) is 14.5. The first kappa shape index (κ1) is 21.2. The van der Waals surface area contributed by atoms with Crippen LogP contribution in [0.15, 0.2) is 83.7 Å². The SMILES string of the molecule is O=c1c2ccccc2nc(-c2ccccc2)n1CC1CCN(c2ccccc2-c2nn[nH]n2)CC1. The second-order valence-corrected chi connectivity index (χ2v) is 8.92. The fourth-order valence-corrected chi connectivity index (χ4v) is 4.97. The first-order chi connectivity index (χ1) is 17.3. The largest absolute Gasteiger partial charge is 0.371 e. The highest BCUT2D eigenvalue weighted by molar-refractivity contribution is 5.79. The van der Waals surface area contributed by atoms with Gasteiger partial charge in [-0.2, -0.15) is 5.21 Å². The van der Waals surface area contributed by atoms with E-state index in [-0.39, 0.29) is 5.56 Å². The molecule has 35 heavy (non-hydrogen) atoms. The number of rotatable bonds is 5. The summed E-state index contributed by atoms with van der Waals surface area (Å²) < 4.78 is 1.88. The van der Waals surface area contributed by atoms with Crippen molar-refractivity contribution < 1.29 is 0 Å². The summed E-state index contributed by atoms with van der Waals surface area (Å²) in [6.45, 7) is 2.45. The summed E-state index contributed by atoms with van der Waals surface area (Å²) >= 11 is 0. The number of piperidine rings is 1. The highest BCUT2D eigenvalue weighted by Gasteiger charge is 2.24. The summed E-state index contributed by atoms with van der Waals surface area (Å²) in [6, 6.07) is 25.8. The van der Waals surface area contributed by atoms with Gasteiger partial charge in [0.15, 0.2) is 0 Å². The van der Waals surface area contributed by atoms with E-state index >= 15 is 0 Å². The van der Waals surface area contributed by atoms with Crippen LogP contribution >= 0.6 is 0 Å². The van der Waals surface area contributed by atoms with Gasteiger partial charge in [-0.15, -0.1) is 10.2 Å². The molecule has 0 unspecified atom stereocenters. The third-order valence-corrected chi connectivity index (χ3v) is 6.78. The number of tetrazole rings is 1. The lowest BCUT2D eigenvalue weighted by Gasteiger charge is -2.35. The van der Waals surface area contributed by atoms with Crippen molar-refractivity contribution in [1.29, 1.82) is 0 Å². The molecule has 0 spiro atoms. The van der Waals surface area contributed by atoms with Crippen LogP contribution in [0.3, 0.4) is 0 Å². The molecule has 8 nitrogen and oxygen atoms in total. The predicted molar refractivity (Wildman–Crippen MR) is 136 cm³/mol. The van der Waals surface area contributed by atoms with E-state index in [1.807, 2.05) is 77.4 Å². The number of aromatic amines is 1. The van der Waals surface area contributed by atoms with E-state index in [1.54, 1.807) is 0 Å². The number of hydrogen-bond donors (Lipinski definition) is 1. The van der Waals surface area contributed by atoms with E-state index in [9.17, 15) is 4.79 Å². The van der Waals surface area contributed by atoms with Crippen LogP contribution in [0.5, 0.6) is 0 Å². The maximum atomic E-state index is 13.5. The van der Waals surface area contributed by atoms with Crippen molar-refractivity contribution in [2.75, 3.05) is 18.0 Å². The lowest BCUT2D eigenvalue weighted by molar-refractivity contribution is 0.354. The van der Waals surface area contributed by atoms with Crippen molar-refractivity contribution in [3.63, 3.8) is 0 Å². The Morgan fingerprint density at radius 2 is 1.63 bits per heavy atom. The first-order valence-corrected chi connectivity index (χ1v) is 11.9. The molecule has 3 heterocycles. The summed E-state index contributed by atoms with van der Waals surface area (Å²) in [5.41, 5.74) is 3.81. The van der Waals surface area contributed by atoms with Crippen molar-refractivity contribution in [2.45, 2.75) is 19.4 Å². The molecule has 0 saturated carbocycles. The average Bonchev–Trinajstić information content (AvgIpc) is 3.46. The molecule has 1 saturated heterocycles. The summed E-state index contributed by atoms with van der Waals surface area (Å²) in [7, 11) is 0. The number of anilines is 1. The fraction of sp³-hybridized carbons (Fsp3) is 0.222. The van der Waals surface area contributed by atoms with Gasteiger partial charge in [-0.05, 0) is 48.2 Å². The van der Waals surface area contributed by atoms with Gasteiger partial charge in [-0.1, -0.05) is 54.6 Å². The van der Waals surface area contributed by atoms with Gasteiger partial charge in [-0.3, -0.25) is 9.36 Å². The molecule has 3 aromatic carbocycles. The number of para-hydroxylation sites is 2. The Bertz CT molecular complexity index is 1500. The molecule has 0 radical (unpaired) electrons. The summed E-state index contributed by atoms with van der Waals surface area (Å²) in [6.07, 6.45) is 1.96. The number of hydrogen-bond acceptors (Lipinski definition) is 6. The van der Waals surface area contributed by atoms with Gasteiger partial charge in [0, 0.05) is 36.4 Å². The van der Waals surface area contributed by atoms with Gasteiger partial charge in [-0.25, -0.2) is 4.98 Å². The maximum absolute atomic E-state index is 13.5. The van der Waals surface area contributed by atoms with Crippen molar-refractivity contribution >= 4 is 16.6 Å². The molecule has 0 amide bonds. The van der Waals surface area contributed by atoms with E-state index in [0.717, 1.165) is 54.1 Å². The topological polar surface area (TPSA) is 92.6 Å². The smallest absolute Gasteiger partial charge is 0.261 e. The molecule has 2 aromatic heterocycles. The maximum Gasteiger partial charge on any atom is 0.261 e. The first-order valence-electron chi connectivity index (χ1n) is 11.9. The Balaban J connectivity index is 1.28. The van der Waals surface area contributed by atoms with Crippen molar-refractivity contribution in [3.8, 4) is 22.8 Å². The van der Waals surface area contributed by atoms with Gasteiger partial charge in [0.25, 0.3) is 5.56 Å². The quantitative estimate of drug-likeness (QED) is 0.421. The van der Waals surface area contributed by atoms with E-state index in [0.29, 0.717) is 23.7 Å². The zero-order chi connectivity index (χ0) is 23.6.